The molecule has 1 fully saturated rings. The first-order valence-corrected chi connectivity index (χ1v) is 11.0. The number of aromatic nitrogens is 1. The predicted molar refractivity (Wildman–Crippen MR) is 113 cm³/mol. The number of aryl methyl sites for hydroxylation is 1. The van der Waals surface area contributed by atoms with E-state index >= 15 is 0 Å². The van der Waals surface area contributed by atoms with E-state index in [9.17, 15) is 4.79 Å². The number of amides is 1. The first-order chi connectivity index (χ1) is 13.1. The van der Waals surface area contributed by atoms with Crippen molar-refractivity contribution in [3.8, 4) is 0 Å². The lowest BCUT2D eigenvalue weighted by Gasteiger charge is -2.21. The van der Waals surface area contributed by atoms with Crippen LogP contribution in [-0.2, 0) is 17.9 Å². The molecular formula is C21H23N3OS2. The summed E-state index contributed by atoms with van der Waals surface area (Å²) in [6.45, 7) is 5.43. The number of rotatable bonds is 7. The summed E-state index contributed by atoms with van der Waals surface area (Å²) in [5, 5.41) is 7.18. The van der Waals surface area contributed by atoms with E-state index in [2.05, 4.69) is 27.1 Å². The van der Waals surface area contributed by atoms with Crippen molar-refractivity contribution < 1.29 is 4.79 Å². The van der Waals surface area contributed by atoms with Crippen LogP contribution in [0.4, 0.5) is 10.8 Å². The van der Waals surface area contributed by atoms with E-state index < -0.39 is 0 Å². The van der Waals surface area contributed by atoms with Crippen molar-refractivity contribution >= 4 is 39.4 Å². The zero-order valence-corrected chi connectivity index (χ0v) is 17.2. The average Bonchev–Trinajstić information content (AvgIpc) is 3.18. The van der Waals surface area contributed by atoms with Crippen LogP contribution in [-0.4, -0.2) is 21.8 Å². The van der Waals surface area contributed by atoms with Crippen LogP contribution >= 0.6 is 22.7 Å². The highest BCUT2D eigenvalue weighted by molar-refractivity contribution is 7.14. The minimum Gasteiger partial charge on any atom is -0.290 e. The molecule has 2 aromatic heterocycles. The van der Waals surface area contributed by atoms with Gasteiger partial charge in [0.25, 0.3) is 0 Å². The SMILES string of the molecule is CC(=O)N(c1ccc(C)cc1)c1nc(CN(Cc2ccsc2)C2CC2)cs1. The second kappa shape index (κ2) is 7.92. The molecule has 6 heteroatoms. The van der Waals surface area contributed by atoms with Gasteiger partial charge >= 0.3 is 0 Å². The van der Waals surface area contributed by atoms with Crippen LogP contribution in [0.15, 0.2) is 46.5 Å². The van der Waals surface area contributed by atoms with E-state index in [1.165, 1.54) is 35.3 Å². The van der Waals surface area contributed by atoms with Gasteiger partial charge in [0.15, 0.2) is 5.13 Å². The van der Waals surface area contributed by atoms with Crippen LogP contribution in [0.2, 0.25) is 0 Å². The number of thiophene rings is 1. The van der Waals surface area contributed by atoms with Crippen LogP contribution in [0.25, 0.3) is 0 Å². The van der Waals surface area contributed by atoms with Crippen LogP contribution < -0.4 is 4.90 Å². The molecule has 4 nitrogen and oxygen atoms in total. The molecule has 3 aromatic rings. The van der Waals surface area contributed by atoms with E-state index in [0.29, 0.717) is 6.04 Å². The monoisotopic (exact) mass is 397 g/mol. The van der Waals surface area contributed by atoms with Crippen molar-refractivity contribution in [3.05, 3.63) is 63.3 Å². The van der Waals surface area contributed by atoms with Crippen LogP contribution in [0.5, 0.6) is 0 Å². The summed E-state index contributed by atoms with van der Waals surface area (Å²) in [5.41, 5.74) is 4.45. The third kappa shape index (κ3) is 4.46. The Balaban J connectivity index is 1.52. The molecule has 4 rings (SSSR count). The zero-order valence-electron chi connectivity index (χ0n) is 15.6. The fraction of sp³-hybridized carbons (Fsp3) is 0.333. The summed E-state index contributed by atoms with van der Waals surface area (Å²) < 4.78 is 0. The maximum Gasteiger partial charge on any atom is 0.230 e. The zero-order chi connectivity index (χ0) is 18.8. The van der Waals surface area contributed by atoms with Gasteiger partial charge in [0.1, 0.15) is 0 Å². The average molecular weight is 398 g/mol. The Morgan fingerprint density at radius 1 is 1.15 bits per heavy atom. The molecule has 1 saturated carbocycles. The highest BCUT2D eigenvalue weighted by Gasteiger charge is 2.30. The van der Waals surface area contributed by atoms with Crippen molar-refractivity contribution in [2.45, 2.75) is 45.8 Å². The lowest BCUT2D eigenvalue weighted by Crippen LogP contribution is -2.25. The number of hydrogen-bond acceptors (Lipinski definition) is 5. The Labute approximate surface area is 168 Å². The highest BCUT2D eigenvalue weighted by Crippen LogP contribution is 2.33. The fourth-order valence-electron chi connectivity index (χ4n) is 3.17. The van der Waals surface area contributed by atoms with Gasteiger partial charge in [0.2, 0.25) is 5.91 Å². The number of thiazole rings is 1. The minimum atomic E-state index is -0.0166. The summed E-state index contributed by atoms with van der Waals surface area (Å²) in [7, 11) is 0. The normalized spacial score (nSPS) is 13.9. The molecule has 0 spiro atoms. The lowest BCUT2D eigenvalue weighted by atomic mass is 10.2. The van der Waals surface area contributed by atoms with E-state index in [4.69, 9.17) is 4.98 Å². The summed E-state index contributed by atoms with van der Waals surface area (Å²) in [6.07, 6.45) is 2.54. The summed E-state index contributed by atoms with van der Waals surface area (Å²) in [6, 6.07) is 10.9. The lowest BCUT2D eigenvalue weighted by molar-refractivity contribution is -0.115. The van der Waals surface area contributed by atoms with Gasteiger partial charge in [0.05, 0.1) is 11.4 Å². The maximum atomic E-state index is 12.3. The Bertz CT molecular complexity index is 898. The van der Waals surface area contributed by atoms with Crippen LogP contribution in [0.3, 0.4) is 0 Å². The van der Waals surface area contributed by atoms with Crippen LogP contribution in [0.1, 0.15) is 36.6 Å². The van der Waals surface area contributed by atoms with Crippen molar-refractivity contribution in [2.75, 3.05) is 4.90 Å². The third-order valence-corrected chi connectivity index (χ3v) is 6.34. The first-order valence-electron chi connectivity index (χ1n) is 9.17. The van der Waals surface area contributed by atoms with Crippen molar-refractivity contribution in [2.24, 2.45) is 0 Å². The molecule has 0 unspecified atom stereocenters. The summed E-state index contributed by atoms with van der Waals surface area (Å²) >= 11 is 3.28. The van der Waals surface area contributed by atoms with Gasteiger partial charge in [-0.15, -0.1) is 11.3 Å². The topological polar surface area (TPSA) is 36.4 Å². The van der Waals surface area contributed by atoms with Gasteiger partial charge in [-0.25, -0.2) is 4.98 Å². The molecule has 1 amide bonds. The quantitative estimate of drug-likeness (QED) is 0.538. The number of benzene rings is 1. The smallest absolute Gasteiger partial charge is 0.230 e. The molecule has 1 aliphatic rings. The van der Waals surface area contributed by atoms with Gasteiger partial charge in [-0.2, -0.15) is 11.3 Å². The molecule has 27 heavy (non-hydrogen) atoms. The Morgan fingerprint density at radius 3 is 2.56 bits per heavy atom. The number of nitrogens with zero attached hydrogens (tertiary/aromatic N) is 3. The standard InChI is InChI=1S/C21H23N3OS2/c1-15-3-5-20(6-4-15)24(16(2)25)21-22-18(14-27-21)12-23(19-7-8-19)11-17-9-10-26-13-17/h3-6,9-10,13-14,19H,7-8,11-12H2,1-2H3. The molecular weight excluding hydrogens is 374 g/mol. The highest BCUT2D eigenvalue weighted by atomic mass is 32.1. The Morgan fingerprint density at radius 2 is 1.93 bits per heavy atom. The third-order valence-electron chi connectivity index (χ3n) is 4.73. The number of carbonyl (C=O) groups is 1. The molecule has 0 aliphatic heterocycles. The fourth-order valence-corrected chi connectivity index (χ4v) is 4.71. The molecule has 0 atom stereocenters. The van der Waals surface area contributed by atoms with Gasteiger partial charge in [-0.3, -0.25) is 14.6 Å². The number of anilines is 2. The van der Waals surface area contributed by atoms with Crippen molar-refractivity contribution in [1.82, 2.24) is 9.88 Å². The maximum absolute atomic E-state index is 12.3. The largest absolute Gasteiger partial charge is 0.290 e. The summed E-state index contributed by atoms with van der Waals surface area (Å²) in [4.78, 5) is 21.3. The number of carbonyl (C=O) groups excluding carboxylic acids is 1. The Kier molecular flexibility index (Phi) is 5.38. The van der Waals surface area contributed by atoms with E-state index in [1.54, 1.807) is 23.2 Å². The van der Waals surface area contributed by atoms with E-state index in [0.717, 1.165) is 29.6 Å². The van der Waals surface area contributed by atoms with Gasteiger partial charge in [-0.1, -0.05) is 17.7 Å². The molecule has 0 bridgehead atoms. The molecule has 2 heterocycles. The first kappa shape index (κ1) is 18.3. The van der Waals surface area contributed by atoms with Crippen molar-refractivity contribution in [3.63, 3.8) is 0 Å². The van der Waals surface area contributed by atoms with E-state index in [1.807, 2.05) is 31.2 Å². The van der Waals surface area contributed by atoms with Gasteiger partial charge < -0.3 is 0 Å². The number of hydrogen-bond donors (Lipinski definition) is 0. The van der Waals surface area contributed by atoms with Gasteiger partial charge in [-0.05, 0) is 54.3 Å². The molecule has 0 radical (unpaired) electrons. The van der Waals surface area contributed by atoms with Crippen LogP contribution in [0, 0.1) is 6.92 Å². The summed E-state index contributed by atoms with van der Waals surface area (Å²) in [5.74, 6) is -0.0166. The molecule has 0 N–H and O–H groups in total. The molecule has 0 saturated heterocycles. The minimum absolute atomic E-state index is 0.0166. The predicted octanol–water partition coefficient (Wildman–Crippen LogP) is 5.36. The van der Waals surface area contributed by atoms with Crippen molar-refractivity contribution in [1.29, 1.82) is 0 Å². The van der Waals surface area contributed by atoms with Gasteiger partial charge in [0, 0.05) is 31.4 Å². The second-order valence-electron chi connectivity index (χ2n) is 7.08. The van der Waals surface area contributed by atoms with E-state index in [-0.39, 0.29) is 5.91 Å². The molecule has 1 aromatic carbocycles. The molecule has 1 aliphatic carbocycles. The molecule has 140 valence electrons. The second-order valence-corrected chi connectivity index (χ2v) is 8.70. The Hall–Kier alpha value is -2.02.